The highest BCUT2D eigenvalue weighted by molar-refractivity contribution is 7.99. The van der Waals surface area contributed by atoms with Gasteiger partial charge in [0.05, 0.1) is 5.75 Å². The molecule has 2 amide bonds. The number of thioether (sulfide) groups is 1. The summed E-state index contributed by atoms with van der Waals surface area (Å²) in [4.78, 5) is 28.6. The Morgan fingerprint density at radius 2 is 1.58 bits per heavy atom. The summed E-state index contributed by atoms with van der Waals surface area (Å²) < 4.78 is 0. The maximum Gasteiger partial charge on any atom is 0.243 e. The Morgan fingerprint density at radius 1 is 0.970 bits per heavy atom. The zero-order chi connectivity index (χ0) is 23.6. The summed E-state index contributed by atoms with van der Waals surface area (Å²) in [6.45, 7) is 6.63. The zero-order valence-corrected chi connectivity index (χ0v) is 21.1. The molecule has 0 spiro atoms. The van der Waals surface area contributed by atoms with E-state index in [2.05, 4.69) is 43.4 Å². The molecule has 0 bridgehead atoms. The van der Waals surface area contributed by atoms with Crippen molar-refractivity contribution in [2.75, 3.05) is 5.75 Å². The number of aryl methyl sites for hydroxylation is 2. The number of carbonyl (C=O) groups is 2. The van der Waals surface area contributed by atoms with E-state index in [-0.39, 0.29) is 17.9 Å². The number of benzene rings is 2. The van der Waals surface area contributed by atoms with Gasteiger partial charge in [0.25, 0.3) is 0 Å². The number of rotatable bonds is 10. The van der Waals surface area contributed by atoms with Crippen LogP contribution in [0.5, 0.6) is 0 Å². The van der Waals surface area contributed by atoms with Gasteiger partial charge in [-0.1, -0.05) is 74.7 Å². The molecule has 0 unspecified atom stereocenters. The van der Waals surface area contributed by atoms with Crippen LogP contribution in [0.4, 0.5) is 0 Å². The molecule has 1 saturated carbocycles. The van der Waals surface area contributed by atoms with E-state index >= 15 is 0 Å². The van der Waals surface area contributed by atoms with Gasteiger partial charge < -0.3 is 10.2 Å². The van der Waals surface area contributed by atoms with Crippen LogP contribution in [0.25, 0.3) is 0 Å². The first-order valence-electron chi connectivity index (χ1n) is 12.3. The summed E-state index contributed by atoms with van der Waals surface area (Å²) >= 11 is 1.62. The highest BCUT2D eigenvalue weighted by Gasteiger charge is 2.30. The number of nitrogens with one attached hydrogen (secondary N) is 1. The van der Waals surface area contributed by atoms with E-state index in [1.165, 1.54) is 30.4 Å². The highest BCUT2D eigenvalue weighted by Crippen LogP contribution is 2.21. The van der Waals surface area contributed by atoms with E-state index in [1.807, 2.05) is 36.1 Å². The minimum absolute atomic E-state index is 0.00441. The van der Waals surface area contributed by atoms with Crippen molar-refractivity contribution in [2.24, 2.45) is 0 Å². The normalized spacial score (nSPS) is 15.1. The van der Waals surface area contributed by atoms with Gasteiger partial charge in [-0.05, 0) is 55.4 Å². The van der Waals surface area contributed by atoms with E-state index in [4.69, 9.17) is 0 Å². The lowest BCUT2D eigenvalue weighted by Crippen LogP contribution is -2.52. The predicted octanol–water partition coefficient (Wildman–Crippen LogP) is 5.79. The third-order valence-corrected chi connectivity index (χ3v) is 7.65. The number of hydrogen-bond acceptors (Lipinski definition) is 3. The number of carbonyl (C=O) groups excluding carboxylic acids is 2. The van der Waals surface area contributed by atoms with E-state index in [9.17, 15) is 9.59 Å². The molecule has 2 aromatic rings. The van der Waals surface area contributed by atoms with Gasteiger partial charge in [0.15, 0.2) is 0 Å². The molecular formula is C28H38N2O2S. The van der Waals surface area contributed by atoms with Crippen molar-refractivity contribution < 1.29 is 9.59 Å². The van der Waals surface area contributed by atoms with Crippen LogP contribution >= 0.6 is 11.8 Å². The Kier molecular flexibility index (Phi) is 9.86. The fourth-order valence-corrected chi connectivity index (χ4v) is 5.52. The summed E-state index contributed by atoms with van der Waals surface area (Å²) in [6.07, 6.45) is 6.28. The van der Waals surface area contributed by atoms with E-state index < -0.39 is 6.04 Å². The second-order valence-electron chi connectivity index (χ2n) is 9.13. The maximum absolute atomic E-state index is 13.5. The molecule has 1 aliphatic rings. The molecule has 1 atom stereocenters. The first-order valence-corrected chi connectivity index (χ1v) is 13.4. The van der Waals surface area contributed by atoms with Crippen molar-refractivity contribution in [1.82, 2.24) is 10.2 Å². The van der Waals surface area contributed by atoms with Gasteiger partial charge in [-0.2, -0.15) is 0 Å². The average molecular weight is 467 g/mol. The second-order valence-corrected chi connectivity index (χ2v) is 10.1. The fraction of sp³-hybridized carbons (Fsp3) is 0.500. The first-order chi connectivity index (χ1) is 16.0. The van der Waals surface area contributed by atoms with Crippen LogP contribution in [0.2, 0.25) is 0 Å². The quantitative estimate of drug-likeness (QED) is 0.482. The Morgan fingerprint density at radius 3 is 2.18 bits per heavy atom. The molecule has 1 fully saturated rings. The Balaban J connectivity index is 1.72. The predicted molar refractivity (Wildman–Crippen MR) is 138 cm³/mol. The van der Waals surface area contributed by atoms with E-state index in [1.54, 1.807) is 11.8 Å². The Hall–Kier alpha value is -2.27. The van der Waals surface area contributed by atoms with Crippen LogP contribution in [0.1, 0.15) is 67.7 Å². The molecule has 0 radical (unpaired) electrons. The van der Waals surface area contributed by atoms with Gasteiger partial charge in [0, 0.05) is 18.3 Å². The van der Waals surface area contributed by atoms with Crippen molar-refractivity contribution in [3.8, 4) is 0 Å². The molecule has 3 rings (SSSR count). The summed E-state index contributed by atoms with van der Waals surface area (Å²) in [5.74, 6) is 1.19. The molecule has 1 aliphatic carbocycles. The molecule has 1 N–H and O–H groups in total. The van der Waals surface area contributed by atoms with Crippen LogP contribution in [0.15, 0.2) is 48.5 Å². The van der Waals surface area contributed by atoms with Gasteiger partial charge in [-0.15, -0.1) is 11.8 Å². The van der Waals surface area contributed by atoms with Gasteiger partial charge in [-0.3, -0.25) is 9.59 Å². The van der Waals surface area contributed by atoms with Crippen molar-refractivity contribution in [1.29, 1.82) is 0 Å². The molecule has 5 heteroatoms. The number of nitrogens with zero attached hydrogens (tertiary/aromatic N) is 1. The molecule has 178 valence electrons. The van der Waals surface area contributed by atoms with E-state index in [0.29, 0.717) is 18.7 Å². The van der Waals surface area contributed by atoms with Crippen LogP contribution in [0.3, 0.4) is 0 Å². The smallest absolute Gasteiger partial charge is 0.243 e. The molecular weight excluding hydrogens is 428 g/mol. The minimum Gasteiger partial charge on any atom is -0.352 e. The third-order valence-electron chi connectivity index (χ3n) is 6.68. The lowest BCUT2D eigenvalue weighted by atomic mass is 9.95. The molecule has 0 aliphatic heterocycles. The fourth-order valence-electron chi connectivity index (χ4n) is 4.54. The summed E-state index contributed by atoms with van der Waals surface area (Å²) in [5, 5.41) is 3.26. The van der Waals surface area contributed by atoms with E-state index in [0.717, 1.165) is 29.7 Å². The van der Waals surface area contributed by atoms with Crippen LogP contribution in [-0.4, -0.2) is 34.6 Å². The zero-order valence-electron chi connectivity index (χ0n) is 20.3. The summed E-state index contributed by atoms with van der Waals surface area (Å²) in [7, 11) is 0. The van der Waals surface area contributed by atoms with Gasteiger partial charge in [-0.25, -0.2) is 0 Å². The highest BCUT2D eigenvalue weighted by atomic mass is 32.2. The third kappa shape index (κ3) is 7.36. The van der Waals surface area contributed by atoms with Crippen molar-refractivity contribution >= 4 is 23.6 Å². The topological polar surface area (TPSA) is 49.4 Å². The molecule has 4 nitrogen and oxygen atoms in total. The lowest BCUT2D eigenvalue weighted by molar-refractivity contribution is -0.139. The summed E-state index contributed by atoms with van der Waals surface area (Å²) in [5.41, 5.74) is 4.74. The van der Waals surface area contributed by atoms with Crippen molar-refractivity contribution in [3.63, 3.8) is 0 Å². The molecule has 2 aromatic carbocycles. The number of amides is 2. The summed E-state index contributed by atoms with van der Waals surface area (Å²) in [6, 6.07) is 16.2. The first kappa shape index (κ1) is 25.4. The molecule has 0 heterocycles. The monoisotopic (exact) mass is 466 g/mol. The van der Waals surface area contributed by atoms with Gasteiger partial charge in [0.2, 0.25) is 11.8 Å². The molecule has 0 aromatic heterocycles. The Bertz CT molecular complexity index is 924. The molecule has 0 saturated heterocycles. The van der Waals surface area contributed by atoms with Gasteiger partial charge in [0.1, 0.15) is 6.04 Å². The van der Waals surface area contributed by atoms with Gasteiger partial charge >= 0.3 is 0 Å². The average Bonchev–Trinajstić information content (AvgIpc) is 2.82. The second kappa shape index (κ2) is 12.8. The standard InChI is InChI=1S/C28H38N2O2S/c1-4-26(28(32)29-25-16-6-5-7-17-25)30(18-23-14-10-8-12-21(23)2)27(31)20-33-19-24-15-11-9-13-22(24)3/h8-15,25-26H,4-7,16-20H2,1-3H3,(H,29,32)/t26-/m1/s1. The SMILES string of the molecule is CC[C@H](C(=O)NC1CCCCC1)N(Cc1ccccc1C)C(=O)CSCc1ccccc1C. The lowest BCUT2D eigenvalue weighted by Gasteiger charge is -2.33. The van der Waals surface area contributed by atoms with Crippen molar-refractivity contribution in [3.05, 3.63) is 70.8 Å². The largest absolute Gasteiger partial charge is 0.352 e. The number of hydrogen-bond donors (Lipinski definition) is 1. The van der Waals surface area contributed by atoms with Crippen molar-refractivity contribution in [2.45, 2.75) is 83.7 Å². The Labute approximate surface area is 203 Å². The molecule has 33 heavy (non-hydrogen) atoms. The van der Waals surface area contributed by atoms with Crippen LogP contribution in [-0.2, 0) is 21.9 Å². The maximum atomic E-state index is 13.5. The van der Waals surface area contributed by atoms with Crippen LogP contribution in [0, 0.1) is 13.8 Å². The minimum atomic E-state index is -0.446. The van der Waals surface area contributed by atoms with Crippen LogP contribution < -0.4 is 5.32 Å².